The Morgan fingerprint density at radius 3 is 2.45 bits per heavy atom. The molecule has 1 heterocycles. The Kier molecular flexibility index (Phi) is 4.95. The van der Waals surface area contributed by atoms with Crippen LogP contribution in [-0.4, -0.2) is 5.97 Å². The van der Waals surface area contributed by atoms with E-state index in [9.17, 15) is 9.59 Å². The molecule has 29 heavy (non-hydrogen) atoms. The van der Waals surface area contributed by atoms with Gasteiger partial charge in [0.25, 0.3) is 0 Å². The van der Waals surface area contributed by atoms with Crippen LogP contribution in [0.1, 0.15) is 21.5 Å². The summed E-state index contributed by atoms with van der Waals surface area (Å²) in [5.41, 5.74) is 3.33. The smallest absolute Gasteiger partial charge is 0.344 e. The highest BCUT2D eigenvalue weighted by atomic mass is 35.5. The fourth-order valence-electron chi connectivity index (χ4n) is 3.29. The summed E-state index contributed by atoms with van der Waals surface area (Å²) in [6.07, 6.45) is 0. The number of halogens is 1. The van der Waals surface area contributed by atoms with Crippen LogP contribution in [0.2, 0.25) is 5.02 Å². The summed E-state index contributed by atoms with van der Waals surface area (Å²) in [7, 11) is 0. The Morgan fingerprint density at radius 2 is 1.72 bits per heavy atom. The quantitative estimate of drug-likeness (QED) is 0.240. The number of carbonyl (C=O) groups excluding carboxylic acids is 1. The molecule has 3 aromatic carbocycles. The number of fused-ring (bicyclic) bond motifs is 1. The maximum Gasteiger partial charge on any atom is 0.344 e. The summed E-state index contributed by atoms with van der Waals surface area (Å²) in [5.74, 6) is -0.157. The highest BCUT2D eigenvalue weighted by Gasteiger charge is 2.15. The van der Waals surface area contributed by atoms with Gasteiger partial charge < -0.3 is 9.15 Å². The topological polar surface area (TPSA) is 56.5 Å². The molecule has 4 aromatic rings. The first kappa shape index (κ1) is 19.0. The monoisotopic (exact) mass is 404 g/mol. The molecule has 0 aliphatic rings. The van der Waals surface area contributed by atoms with E-state index in [2.05, 4.69) is 0 Å². The summed E-state index contributed by atoms with van der Waals surface area (Å²) in [5, 5.41) is 1.36. The number of hydrogen-bond acceptors (Lipinski definition) is 4. The van der Waals surface area contributed by atoms with Crippen molar-refractivity contribution in [3.05, 3.63) is 98.9 Å². The van der Waals surface area contributed by atoms with E-state index in [1.165, 1.54) is 0 Å². The standard InChI is InChI=1S/C24H17ClO4/c1-14-4-3-5-17(12-14)23(26)28-19-10-11-20-15(2)22(24(27)29-21(20)13-19)16-6-8-18(25)9-7-16/h3-13H,1-2H3. The van der Waals surface area contributed by atoms with Crippen LogP contribution >= 0.6 is 11.6 Å². The number of aryl methyl sites for hydroxylation is 2. The minimum Gasteiger partial charge on any atom is -0.423 e. The molecule has 0 atom stereocenters. The molecular formula is C24H17ClO4. The van der Waals surface area contributed by atoms with Gasteiger partial charge in [-0.05, 0) is 61.4 Å². The van der Waals surface area contributed by atoms with Crippen LogP contribution in [0.15, 0.2) is 75.9 Å². The van der Waals surface area contributed by atoms with Gasteiger partial charge in [0.15, 0.2) is 0 Å². The zero-order chi connectivity index (χ0) is 20.5. The largest absolute Gasteiger partial charge is 0.423 e. The van der Waals surface area contributed by atoms with E-state index in [-0.39, 0.29) is 0 Å². The second-order valence-electron chi connectivity index (χ2n) is 6.81. The molecule has 5 heteroatoms. The molecule has 0 saturated carbocycles. The van der Waals surface area contributed by atoms with Crippen LogP contribution in [0, 0.1) is 13.8 Å². The second-order valence-corrected chi connectivity index (χ2v) is 7.25. The number of rotatable bonds is 3. The average Bonchev–Trinajstić information content (AvgIpc) is 2.69. The lowest BCUT2D eigenvalue weighted by molar-refractivity contribution is 0.0735. The molecule has 4 nitrogen and oxygen atoms in total. The van der Waals surface area contributed by atoms with Gasteiger partial charge in [-0.1, -0.05) is 41.4 Å². The van der Waals surface area contributed by atoms with E-state index < -0.39 is 11.6 Å². The lowest BCUT2D eigenvalue weighted by Gasteiger charge is -2.10. The Labute approximate surface area is 172 Å². The van der Waals surface area contributed by atoms with Crippen molar-refractivity contribution in [3.8, 4) is 16.9 Å². The van der Waals surface area contributed by atoms with Crippen molar-refractivity contribution in [2.75, 3.05) is 0 Å². The second kappa shape index (κ2) is 7.57. The third-order valence-electron chi connectivity index (χ3n) is 4.74. The van der Waals surface area contributed by atoms with E-state index in [0.717, 1.165) is 22.1 Å². The van der Waals surface area contributed by atoms with Crippen molar-refractivity contribution >= 4 is 28.5 Å². The van der Waals surface area contributed by atoms with Crippen molar-refractivity contribution in [2.24, 2.45) is 0 Å². The third kappa shape index (κ3) is 3.80. The van der Waals surface area contributed by atoms with Crippen molar-refractivity contribution in [1.82, 2.24) is 0 Å². The Morgan fingerprint density at radius 1 is 0.966 bits per heavy atom. The molecule has 0 aliphatic carbocycles. The lowest BCUT2D eigenvalue weighted by atomic mass is 9.99. The first-order chi connectivity index (χ1) is 13.9. The average molecular weight is 405 g/mol. The maximum absolute atomic E-state index is 12.6. The van der Waals surface area contributed by atoms with Crippen molar-refractivity contribution < 1.29 is 13.9 Å². The molecule has 1 aromatic heterocycles. The molecule has 0 bridgehead atoms. The summed E-state index contributed by atoms with van der Waals surface area (Å²) < 4.78 is 11.0. The van der Waals surface area contributed by atoms with Gasteiger partial charge in [-0.2, -0.15) is 0 Å². The Bertz CT molecular complexity index is 1290. The molecular weight excluding hydrogens is 388 g/mol. The van der Waals surface area contributed by atoms with Gasteiger partial charge in [0, 0.05) is 16.5 Å². The minimum absolute atomic E-state index is 0.311. The number of benzene rings is 3. The van der Waals surface area contributed by atoms with E-state index in [1.54, 1.807) is 60.7 Å². The summed E-state index contributed by atoms with van der Waals surface area (Å²) >= 11 is 5.94. The number of carbonyl (C=O) groups is 1. The highest BCUT2D eigenvalue weighted by Crippen LogP contribution is 2.29. The number of hydrogen-bond donors (Lipinski definition) is 0. The van der Waals surface area contributed by atoms with Gasteiger partial charge in [0.1, 0.15) is 11.3 Å². The normalized spacial score (nSPS) is 10.9. The van der Waals surface area contributed by atoms with Crippen molar-refractivity contribution in [1.29, 1.82) is 0 Å². The predicted octanol–water partition coefficient (Wildman–Crippen LogP) is 5.95. The van der Waals surface area contributed by atoms with Crippen molar-refractivity contribution in [3.63, 3.8) is 0 Å². The highest BCUT2D eigenvalue weighted by molar-refractivity contribution is 6.30. The minimum atomic E-state index is -0.468. The van der Waals surface area contributed by atoms with Gasteiger partial charge in [-0.15, -0.1) is 0 Å². The van der Waals surface area contributed by atoms with E-state index in [0.29, 0.717) is 27.5 Å². The molecule has 0 fully saturated rings. The number of ether oxygens (including phenoxy) is 1. The fourth-order valence-corrected chi connectivity index (χ4v) is 3.41. The molecule has 0 radical (unpaired) electrons. The van der Waals surface area contributed by atoms with Gasteiger partial charge in [0.2, 0.25) is 0 Å². The molecule has 4 rings (SSSR count). The molecule has 0 amide bonds. The third-order valence-corrected chi connectivity index (χ3v) is 4.99. The van der Waals surface area contributed by atoms with Gasteiger partial charge in [0.05, 0.1) is 11.1 Å². The summed E-state index contributed by atoms with van der Waals surface area (Å²) in [6, 6.07) is 19.2. The van der Waals surface area contributed by atoms with Crippen LogP contribution in [0.5, 0.6) is 5.75 Å². The fraction of sp³-hybridized carbons (Fsp3) is 0.0833. The first-order valence-corrected chi connectivity index (χ1v) is 9.42. The van der Waals surface area contributed by atoms with E-state index in [4.69, 9.17) is 20.8 Å². The molecule has 0 N–H and O–H groups in total. The van der Waals surface area contributed by atoms with Crippen LogP contribution < -0.4 is 10.4 Å². The van der Waals surface area contributed by atoms with E-state index in [1.807, 2.05) is 19.9 Å². The molecule has 0 spiro atoms. The van der Waals surface area contributed by atoms with Gasteiger partial charge in [-0.3, -0.25) is 0 Å². The molecule has 144 valence electrons. The summed E-state index contributed by atoms with van der Waals surface area (Å²) in [6.45, 7) is 3.77. The van der Waals surface area contributed by atoms with Gasteiger partial charge >= 0.3 is 11.6 Å². The molecule has 0 unspecified atom stereocenters. The number of esters is 1. The first-order valence-electron chi connectivity index (χ1n) is 9.04. The van der Waals surface area contributed by atoms with Crippen LogP contribution in [-0.2, 0) is 0 Å². The molecule has 0 saturated heterocycles. The SMILES string of the molecule is Cc1cccc(C(=O)Oc2ccc3c(C)c(-c4ccc(Cl)cc4)c(=O)oc3c2)c1. The van der Waals surface area contributed by atoms with Crippen LogP contribution in [0.4, 0.5) is 0 Å². The Hall–Kier alpha value is -3.37. The van der Waals surface area contributed by atoms with Gasteiger partial charge in [-0.25, -0.2) is 9.59 Å². The zero-order valence-electron chi connectivity index (χ0n) is 15.9. The van der Waals surface area contributed by atoms with Crippen LogP contribution in [0.3, 0.4) is 0 Å². The maximum atomic E-state index is 12.6. The van der Waals surface area contributed by atoms with E-state index >= 15 is 0 Å². The lowest BCUT2D eigenvalue weighted by Crippen LogP contribution is -2.09. The summed E-state index contributed by atoms with van der Waals surface area (Å²) in [4.78, 5) is 25.0. The van der Waals surface area contributed by atoms with Crippen LogP contribution in [0.25, 0.3) is 22.1 Å². The predicted molar refractivity (Wildman–Crippen MR) is 114 cm³/mol. The molecule has 0 aliphatic heterocycles. The van der Waals surface area contributed by atoms with Crippen molar-refractivity contribution in [2.45, 2.75) is 13.8 Å². The zero-order valence-corrected chi connectivity index (χ0v) is 16.6. The Balaban J connectivity index is 1.72.